The van der Waals surface area contributed by atoms with Crippen LogP contribution in [0.1, 0.15) is 12.6 Å². The number of nitrogens with one attached hydrogen (secondary N) is 2. The molecule has 0 spiro atoms. The first-order valence-electron chi connectivity index (χ1n) is 3.58. The molecular weight excluding hydrogens is 160 g/mol. The molecular formula is C7H10N2O3. The van der Waals surface area contributed by atoms with Crippen molar-refractivity contribution in [2.24, 2.45) is 0 Å². The van der Waals surface area contributed by atoms with E-state index >= 15 is 0 Å². The third kappa shape index (κ3) is 2.26. The van der Waals surface area contributed by atoms with E-state index in [4.69, 9.17) is 0 Å². The molecule has 2 N–H and O–H groups in total. The van der Waals surface area contributed by atoms with Crippen LogP contribution in [0.5, 0.6) is 0 Å². The number of hydrogen-bond donors (Lipinski definition) is 2. The summed E-state index contributed by atoms with van der Waals surface area (Å²) in [6.07, 6.45) is 0.297. The Morgan fingerprint density at radius 3 is 2.92 bits per heavy atom. The Morgan fingerprint density at radius 1 is 1.67 bits per heavy atom. The highest BCUT2D eigenvalue weighted by atomic mass is 16.5. The van der Waals surface area contributed by atoms with Crippen LogP contribution in [0, 0.1) is 0 Å². The first kappa shape index (κ1) is 8.58. The lowest BCUT2D eigenvalue weighted by Crippen LogP contribution is -2.10. The summed E-state index contributed by atoms with van der Waals surface area (Å²) in [6.45, 7) is 2.15. The van der Waals surface area contributed by atoms with Crippen LogP contribution in [-0.4, -0.2) is 22.8 Å². The van der Waals surface area contributed by atoms with Crippen LogP contribution in [0.2, 0.25) is 0 Å². The van der Waals surface area contributed by atoms with Crippen molar-refractivity contribution in [2.75, 3.05) is 0 Å². The van der Waals surface area contributed by atoms with Gasteiger partial charge >= 0.3 is 0 Å². The van der Waals surface area contributed by atoms with E-state index < -0.39 is 0 Å². The van der Waals surface area contributed by atoms with Gasteiger partial charge in [0.1, 0.15) is 6.10 Å². The summed E-state index contributed by atoms with van der Waals surface area (Å²) in [4.78, 5) is 20.5. The van der Waals surface area contributed by atoms with Gasteiger partial charge in [-0.1, -0.05) is 0 Å². The zero-order valence-corrected chi connectivity index (χ0v) is 6.66. The summed E-state index contributed by atoms with van der Waals surface area (Å²) in [5.41, 5.74) is 0.553. The topological polar surface area (TPSA) is 74.9 Å². The molecule has 5 nitrogen and oxygen atoms in total. The van der Waals surface area contributed by atoms with Gasteiger partial charge in [0.25, 0.3) is 12.0 Å². The van der Waals surface area contributed by atoms with E-state index in [1.807, 2.05) is 0 Å². The number of aromatic nitrogens is 2. The van der Waals surface area contributed by atoms with Crippen LogP contribution < -0.4 is 5.56 Å². The zero-order valence-electron chi connectivity index (χ0n) is 6.66. The molecule has 1 heterocycles. The summed E-state index contributed by atoms with van der Waals surface area (Å²) in [5, 5.41) is 5.05. The van der Waals surface area contributed by atoms with E-state index in [-0.39, 0.29) is 11.7 Å². The Morgan fingerprint density at radius 2 is 2.42 bits per heavy atom. The van der Waals surface area contributed by atoms with Crippen LogP contribution in [0.25, 0.3) is 0 Å². The largest absolute Gasteiger partial charge is 0.464 e. The summed E-state index contributed by atoms with van der Waals surface area (Å²) in [5.74, 6) is 0. The second kappa shape index (κ2) is 3.75. The van der Waals surface area contributed by atoms with Gasteiger partial charge in [-0.3, -0.25) is 14.7 Å². The lowest BCUT2D eigenvalue weighted by Gasteiger charge is -2.06. The number of aromatic amines is 2. The van der Waals surface area contributed by atoms with E-state index in [1.165, 1.54) is 6.07 Å². The molecule has 0 aliphatic rings. The standard InChI is InChI=1S/C7H10N2O3/c1-5(12-4-10)2-6-3-7(11)9-8-6/h3-5H,2H2,1H3,(H2,8,9,11). The smallest absolute Gasteiger partial charge is 0.293 e. The van der Waals surface area contributed by atoms with Crippen molar-refractivity contribution in [3.63, 3.8) is 0 Å². The van der Waals surface area contributed by atoms with Crippen molar-refractivity contribution < 1.29 is 9.53 Å². The quantitative estimate of drug-likeness (QED) is 0.615. The summed E-state index contributed by atoms with van der Waals surface area (Å²) in [6, 6.07) is 1.44. The fourth-order valence-electron chi connectivity index (χ4n) is 0.935. The number of carbonyl (C=O) groups excluding carboxylic acids is 1. The van der Waals surface area contributed by atoms with E-state index in [1.54, 1.807) is 6.92 Å². The predicted molar refractivity (Wildman–Crippen MR) is 41.7 cm³/mol. The van der Waals surface area contributed by atoms with Crippen molar-refractivity contribution in [1.82, 2.24) is 10.2 Å². The number of rotatable bonds is 4. The molecule has 12 heavy (non-hydrogen) atoms. The monoisotopic (exact) mass is 170 g/mol. The highest BCUT2D eigenvalue weighted by Crippen LogP contribution is 1.98. The van der Waals surface area contributed by atoms with Gasteiger partial charge in [0.2, 0.25) is 0 Å². The first-order valence-corrected chi connectivity index (χ1v) is 3.58. The minimum absolute atomic E-state index is 0.177. The Labute approximate surface area is 68.7 Å². The van der Waals surface area contributed by atoms with Gasteiger partial charge in [-0.05, 0) is 6.92 Å². The molecule has 1 unspecified atom stereocenters. The fraction of sp³-hybridized carbons (Fsp3) is 0.429. The number of ether oxygens (including phenoxy) is 1. The van der Waals surface area contributed by atoms with Crippen LogP contribution in [0.4, 0.5) is 0 Å². The van der Waals surface area contributed by atoms with E-state index in [0.717, 1.165) is 5.69 Å². The molecule has 0 saturated carbocycles. The van der Waals surface area contributed by atoms with E-state index in [0.29, 0.717) is 12.9 Å². The molecule has 1 aromatic rings. The average Bonchev–Trinajstić information content (AvgIpc) is 2.36. The molecule has 0 aromatic carbocycles. The van der Waals surface area contributed by atoms with Gasteiger partial charge in [-0.15, -0.1) is 0 Å². The number of carbonyl (C=O) groups is 1. The molecule has 0 amide bonds. The van der Waals surface area contributed by atoms with Gasteiger partial charge in [0.15, 0.2) is 0 Å². The summed E-state index contributed by atoms with van der Waals surface area (Å²) in [7, 11) is 0. The third-order valence-electron chi connectivity index (χ3n) is 1.45. The normalized spacial score (nSPS) is 12.4. The lowest BCUT2D eigenvalue weighted by molar-refractivity contribution is -0.132. The van der Waals surface area contributed by atoms with Gasteiger partial charge in [0, 0.05) is 18.2 Å². The van der Waals surface area contributed by atoms with Crippen LogP contribution in [0.15, 0.2) is 10.9 Å². The Bertz CT molecular complexity index is 302. The van der Waals surface area contributed by atoms with Crippen molar-refractivity contribution in [3.8, 4) is 0 Å². The minimum atomic E-state index is -0.214. The first-order chi connectivity index (χ1) is 5.72. The summed E-state index contributed by atoms with van der Waals surface area (Å²) >= 11 is 0. The minimum Gasteiger partial charge on any atom is -0.464 e. The fourth-order valence-corrected chi connectivity index (χ4v) is 0.935. The highest BCUT2D eigenvalue weighted by Gasteiger charge is 2.04. The molecule has 0 bridgehead atoms. The lowest BCUT2D eigenvalue weighted by atomic mass is 10.2. The molecule has 5 heteroatoms. The van der Waals surface area contributed by atoms with Gasteiger partial charge in [-0.25, -0.2) is 0 Å². The van der Waals surface area contributed by atoms with Crippen molar-refractivity contribution >= 4 is 6.47 Å². The van der Waals surface area contributed by atoms with Crippen molar-refractivity contribution in [3.05, 3.63) is 22.1 Å². The highest BCUT2D eigenvalue weighted by molar-refractivity contribution is 5.37. The van der Waals surface area contributed by atoms with Gasteiger partial charge < -0.3 is 9.84 Å². The molecule has 0 aliphatic heterocycles. The van der Waals surface area contributed by atoms with Gasteiger partial charge in [-0.2, -0.15) is 0 Å². The third-order valence-corrected chi connectivity index (χ3v) is 1.45. The molecule has 0 fully saturated rings. The Hall–Kier alpha value is -1.52. The molecule has 66 valence electrons. The molecule has 1 aromatic heterocycles. The Balaban J connectivity index is 2.51. The predicted octanol–water partition coefficient (Wildman–Crippen LogP) is -0.193. The zero-order chi connectivity index (χ0) is 8.97. The number of hydrogen-bond acceptors (Lipinski definition) is 3. The average molecular weight is 170 g/mol. The van der Waals surface area contributed by atoms with E-state index in [2.05, 4.69) is 14.9 Å². The van der Waals surface area contributed by atoms with Crippen LogP contribution >= 0.6 is 0 Å². The Kier molecular flexibility index (Phi) is 2.68. The second-order valence-corrected chi connectivity index (χ2v) is 2.53. The van der Waals surface area contributed by atoms with E-state index in [9.17, 15) is 9.59 Å². The second-order valence-electron chi connectivity index (χ2n) is 2.53. The van der Waals surface area contributed by atoms with Crippen LogP contribution in [-0.2, 0) is 16.0 Å². The SMILES string of the molecule is CC(Cc1cc(=O)[nH][nH]1)OC=O. The van der Waals surface area contributed by atoms with Crippen molar-refractivity contribution in [2.45, 2.75) is 19.4 Å². The maximum absolute atomic E-state index is 10.6. The molecule has 1 atom stereocenters. The molecule has 0 radical (unpaired) electrons. The van der Waals surface area contributed by atoms with Crippen LogP contribution in [0.3, 0.4) is 0 Å². The molecule has 0 saturated heterocycles. The maximum Gasteiger partial charge on any atom is 0.293 e. The van der Waals surface area contributed by atoms with Gasteiger partial charge in [0.05, 0.1) is 0 Å². The maximum atomic E-state index is 10.6. The summed E-state index contributed by atoms with van der Waals surface area (Å²) < 4.78 is 4.64. The van der Waals surface area contributed by atoms with Crippen molar-refractivity contribution in [1.29, 1.82) is 0 Å². The number of H-pyrrole nitrogens is 2. The molecule has 0 aliphatic carbocycles. The molecule has 1 rings (SSSR count).